The summed E-state index contributed by atoms with van der Waals surface area (Å²) in [4.78, 5) is 90.8. The summed E-state index contributed by atoms with van der Waals surface area (Å²) < 4.78 is 57.3. The lowest BCUT2D eigenvalue weighted by Crippen LogP contribution is -2.82. The largest absolute Gasteiger partial charge is 0.493 e. The molecule has 4 aromatic carbocycles. The number of methoxy groups -OCH3 is 2. The van der Waals surface area contributed by atoms with Gasteiger partial charge >= 0.3 is 23.9 Å². The molecular weight excluding hydrogens is 1040 g/mol. The fraction of sp³-hybridized carbons (Fsp3) is 0.452. The van der Waals surface area contributed by atoms with Crippen LogP contribution in [0.25, 0.3) is 6.08 Å². The van der Waals surface area contributed by atoms with Gasteiger partial charge in [-0.15, -0.1) is 0 Å². The molecule has 1 N–H and O–H groups in total. The number of carbonyl (C=O) groups is 6. The van der Waals surface area contributed by atoms with Gasteiger partial charge < -0.3 is 47.4 Å². The molecule has 18 heteroatoms. The van der Waals surface area contributed by atoms with E-state index in [9.17, 15) is 19.5 Å². The summed E-state index contributed by atoms with van der Waals surface area (Å²) >= 11 is 0. The smallest absolute Gasteiger partial charge is 0.338 e. The van der Waals surface area contributed by atoms with Crippen LogP contribution in [0.2, 0.25) is 19.6 Å². The summed E-state index contributed by atoms with van der Waals surface area (Å²) in [6.07, 6.45) is -8.37. The topological polar surface area (TPSA) is 209 Å². The second-order valence-electron chi connectivity index (χ2n) is 23.2. The molecule has 4 fully saturated rings. The normalized spacial score (nSPS) is 30.8. The third-order valence-electron chi connectivity index (χ3n) is 16.8. The number of rotatable bonds is 14. The van der Waals surface area contributed by atoms with Crippen molar-refractivity contribution in [1.82, 2.24) is 4.90 Å². The van der Waals surface area contributed by atoms with Crippen LogP contribution in [-0.4, -0.2) is 123 Å². The Bertz CT molecular complexity index is 3120. The Morgan fingerprint density at radius 2 is 1.40 bits per heavy atom. The average Bonchev–Trinajstić information content (AvgIpc) is 3.30. The molecule has 424 valence electrons. The van der Waals surface area contributed by atoms with Crippen LogP contribution in [-0.2, 0) is 56.8 Å². The predicted molar refractivity (Wildman–Crippen MR) is 294 cm³/mol. The van der Waals surface area contributed by atoms with Gasteiger partial charge in [0.15, 0.2) is 49.6 Å². The van der Waals surface area contributed by atoms with Crippen LogP contribution in [0.1, 0.15) is 101 Å². The number of esters is 4. The second-order valence-corrected chi connectivity index (χ2v) is 27.7. The number of Topliss-reactive ketones (excluding diaryl/α,β-unsaturated/α-hetero) is 1. The van der Waals surface area contributed by atoms with Crippen LogP contribution in [0, 0.1) is 16.7 Å². The fourth-order valence-electron chi connectivity index (χ4n) is 13.1. The van der Waals surface area contributed by atoms with Crippen LogP contribution < -0.4 is 9.47 Å². The van der Waals surface area contributed by atoms with Crippen molar-refractivity contribution in [1.29, 1.82) is 0 Å². The van der Waals surface area contributed by atoms with Crippen molar-refractivity contribution >= 4 is 50.0 Å². The Hall–Kier alpha value is -6.96. The maximum Gasteiger partial charge on any atom is 0.338 e. The summed E-state index contributed by atoms with van der Waals surface area (Å²) in [5, 5.41) is 14.4. The predicted octanol–water partition coefficient (Wildman–Crippen LogP) is 8.85. The third kappa shape index (κ3) is 10.1. The van der Waals surface area contributed by atoms with E-state index in [-0.39, 0.29) is 29.7 Å². The molecule has 2 saturated heterocycles. The number of aliphatic hydroxyl groups is 1. The first-order valence-corrected chi connectivity index (χ1v) is 30.3. The standard InChI is InChI=1S/C62H71NO16Si/c1-35(30-39-22-16-13-17-23-39)55(67)63-49(40-24-18-14-19-25-40)51(76-56(63)42-28-29-43(71-8)44(31-42)72-9)58(69)75-45-33-62(70)54(77-57(68)41-26-20-15-21-27-41)52-60(7,53(66)50(74-37(3)64)48(36(45)2)59(62,5)6)46(79-80(10,11)12)32-47-61(52,34-73-47)78-38(4)65/h13-31,45-47,49-52,54,56,70H,32-34H2,1-12H3/b35-30+/t45-,46-,47+,49-,50+,51+,52-,54-,56?,60+,61-,62?/m0/s1. The summed E-state index contributed by atoms with van der Waals surface area (Å²) in [5.74, 6) is -5.24. The molecule has 0 radical (unpaired) electrons. The number of ketones is 1. The van der Waals surface area contributed by atoms with Crippen molar-refractivity contribution in [3.05, 3.63) is 148 Å². The van der Waals surface area contributed by atoms with Gasteiger partial charge in [-0.1, -0.05) is 98.8 Å². The monoisotopic (exact) mass is 1110 g/mol. The number of benzene rings is 4. The van der Waals surface area contributed by atoms with Crippen molar-refractivity contribution in [2.45, 2.75) is 141 Å². The number of amides is 1. The van der Waals surface area contributed by atoms with Crippen LogP contribution in [0.5, 0.6) is 11.5 Å². The van der Waals surface area contributed by atoms with Gasteiger partial charge in [-0.3, -0.25) is 24.1 Å². The minimum absolute atomic E-state index is 0.0535. The molecule has 2 heterocycles. The number of ether oxygens (including phenoxy) is 8. The minimum atomic E-state index is -2.62. The SMILES string of the molecule is COc1ccc(C2O[C@@H](C(=O)O[C@H]3CC4(O)[C@@H](OC(=O)c5ccccc5)[C@@H]5[C@]6(OC(C)=O)CO[C@@H]6C[C@H](O[Si](C)(C)C)[C@@]5(C)C(=O)[C@H](OC(C)=O)C(=C3C)C4(C)C)[C@H](c3ccccc3)N2C(=O)/C(C)=C/c2ccccc2)cc1OC. The average molecular weight is 1110 g/mol. The lowest BCUT2D eigenvalue weighted by molar-refractivity contribution is -0.344. The van der Waals surface area contributed by atoms with E-state index < -0.39 is 127 Å². The van der Waals surface area contributed by atoms with Crippen LogP contribution in [0.4, 0.5) is 0 Å². The molecule has 17 nitrogen and oxygen atoms in total. The summed E-state index contributed by atoms with van der Waals surface area (Å²) in [5.41, 5.74) is -5.07. The van der Waals surface area contributed by atoms with E-state index in [1.54, 1.807) is 120 Å². The van der Waals surface area contributed by atoms with Gasteiger partial charge in [-0.2, -0.15) is 0 Å². The highest BCUT2D eigenvalue weighted by molar-refractivity contribution is 6.69. The maximum absolute atomic E-state index is 16.4. The van der Waals surface area contributed by atoms with Gasteiger partial charge in [-0.25, -0.2) is 9.59 Å². The summed E-state index contributed by atoms with van der Waals surface area (Å²) in [6.45, 7) is 16.2. The van der Waals surface area contributed by atoms with Crippen molar-refractivity contribution in [2.24, 2.45) is 16.7 Å². The first kappa shape index (κ1) is 57.7. The Morgan fingerprint density at radius 1 is 0.775 bits per heavy atom. The molecule has 0 spiro atoms. The van der Waals surface area contributed by atoms with Crippen molar-refractivity contribution in [2.75, 3.05) is 20.8 Å². The van der Waals surface area contributed by atoms with Crippen LogP contribution in [0.15, 0.2) is 126 Å². The van der Waals surface area contributed by atoms with E-state index in [1.807, 2.05) is 50.0 Å². The minimum Gasteiger partial charge on any atom is -0.493 e. The number of carbonyl (C=O) groups excluding carboxylic acids is 6. The molecule has 2 aliphatic heterocycles. The first-order valence-electron chi connectivity index (χ1n) is 26.9. The Morgan fingerprint density at radius 3 is 1.98 bits per heavy atom. The van der Waals surface area contributed by atoms with E-state index in [1.165, 1.54) is 33.0 Å². The van der Waals surface area contributed by atoms with Crippen molar-refractivity contribution in [3.63, 3.8) is 0 Å². The van der Waals surface area contributed by atoms with E-state index >= 15 is 14.4 Å². The Kier molecular flexibility index (Phi) is 15.8. The number of hydrogen-bond donors (Lipinski definition) is 1. The molecule has 2 bridgehead atoms. The molecule has 2 saturated carbocycles. The van der Waals surface area contributed by atoms with Gasteiger partial charge in [0.2, 0.25) is 0 Å². The van der Waals surface area contributed by atoms with Gasteiger partial charge in [0, 0.05) is 43.2 Å². The van der Waals surface area contributed by atoms with Crippen LogP contribution >= 0.6 is 0 Å². The van der Waals surface area contributed by atoms with E-state index in [0.29, 0.717) is 28.2 Å². The quantitative estimate of drug-likeness (QED) is 0.0411. The molecule has 80 heavy (non-hydrogen) atoms. The fourth-order valence-corrected chi connectivity index (χ4v) is 14.3. The third-order valence-corrected chi connectivity index (χ3v) is 17.8. The van der Waals surface area contributed by atoms with Crippen molar-refractivity contribution in [3.8, 4) is 11.5 Å². The number of nitrogens with zero attached hydrogens (tertiary/aromatic N) is 1. The van der Waals surface area contributed by atoms with Gasteiger partial charge in [-0.05, 0) is 93.0 Å². The summed E-state index contributed by atoms with van der Waals surface area (Å²) in [6, 6.07) is 30.2. The maximum atomic E-state index is 16.4. The highest BCUT2D eigenvalue weighted by atomic mass is 28.4. The molecule has 12 atom stereocenters. The molecule has 4 aromatic rings. The zero-order chi connectivity index (χ0) is 57.9. The molecule has 3 aliphatic carbocycles. The lowest BCUT2D eigenvalue weighted by atomic mass is 9.44. The van der Waals surface area contributed by atoms with E-state index in [0.717, 1.165) is 5.56 Å². The molecular formula is C62H71NO16Si. The van der Waals surface area contributed by atoms with Crippen molar-refractivity contribution < 1.29 is 76.2 Å². The molecule has 9 rings (SSSR count). The molecule has 5 aliphatic rings. The zero-order valence-electron chi connectivity index (χ0n) is 47.3. The van der Waals surface area contributed by atoms with Gasteiger partial charge in [0.05, 0.1) is 49.9 Å². The van der Waals surface area contributed by atoms with E-state index in [4.69, 9.17) is 42.3 Å². The molecule has 0 aromatic heterocycles. The number of hydrogen-bond acceptors (Lipinski definition) is 16. The van der Waals surface area contributed by atoms with Gasteiger partial charge in [0.25, 0.3) is 5.91 Å². The van der Waals surface area contributed by atoms with E-state index in [2.05, 4.69) is 0 Å². The molecule has 1 amide bonds. The Balaban J connectivity index is 1.24. The zero-order valence-corrected chi connectivity index (χ0v) is 48.3. The highest BCUT2D eigenvalue weighted by Gasteiger charge is 2.79. The van der Waals surface area contributed by atoms with Gasteiger partial charge in [0.1, 0.15) is 23.9 Å². The van der Waals surface area contributed by atoms with Crippen LogP contribution in [0.3, 0.4) is 0 Å². The number of fused-ring (bicyclic) bond motifs is 5. The first-order chi connectivity index (χ1) is 37.8. The highest BCUT2D eigenvalue weighted by Crippen LogP contribution is 2.65. The summed E-state index contributed by atoms with van der Waals surface area (Å²) in [7, 11) is 0.354. The lowest BCUT2D eigenvalue weighted by Gasteiger charge is -2.68. The Labute approximate surface area is 467 Å². The molecule has 2 unspecified atom stereocenters. The second kappa shape index (κ2) is 21.8.